The van der Waals surface area contributed by atoms with Gasteiger partial charge in [0.15, 0.2) is 6.04 Å². The number of hydrogen-bond donors (Lipinski definition) is 3. The molecule has 1 aliphatic rings. The van der Waals surface area contributed by atoms with Gasteiger partial charge in [0.2, 0.25) is 5.91 Å². The molecule has 0 aliphatic carbocycles. The molecule has 0 aromatic heterocycles. The minimum absolute atomic E-state index is 0.224. The van der Waals surface area contributed by atoms with Crippen LogP contribution < -0.4 is 10.5 Å². The van der Waals surface area contributed by atoms with E-state index in [0.717, 1.165) is 5.56 Å². The van der Waals surface area contributed by atoms with Crippen molar-refractivity contribution in [2.45, 2.75) is 31.8 Å². The number of benzene rings is 2. The average Bonchev–Trinajstić information content (AvgIpc) is 3.18. The van der Waals surface area contributed by atoms with Gasteiger partial charge >= 0.3 is 17.9 Å². The minimum Gasteiger partial charge on any atom is -0.480 e. The number of carboxylic acids is 2. The van der Waals surface area contributed by atoms with E-state index < -0.39 is 30.0 Å². The average molecular weight is 473 g/mol. The Morgan fingerprint density at radius 2 is 1.70 bits per heavy atom. The van der Waals surface area contributed by atoms with Crippen molar-refractivity contribution >= 4 is 40.9 Å². The van der Waals surface area contributed by atoms with E-state index in [1.54, 1.807) is 48.5 Å². The first-order chi connectivity index (χ1) is 15.6. The number of nitrogens with two attached hydrogens (primary N) is 1. The second-order valence-electron chi connectivity index (χ2n) is 7.22. The van der Waals surface area contributed by atoms with Crippen molar-refractivity contribution in [1.82, 2.24) is 4.90 Å². The topological polar surface area (TPSA) is 147 Å². The first-order valence-electron chi connectivity index (χ1n) is 9.97. The second-order valence-corrected chi connectivity index (χ2v) is 7.74. The number of thiocarbonyl (C=S) groups is 1. The largest absolute Gasteiger partial charge is 0.480 e. The number of rotatable bonds is 6. The van der Waals surface area contributed by atoms with Crippen molar-refractivity contribution in [3.63, 3.8) is 0 Å². The Morgan fingerprint density at radius 1 is 1.09 bits per heavy atom. The lowest BCUT2D eigenvalue weighted by molar-refractivity contribution is -0.145. The highest BCUT2D eigenvalue weighted by Crippen LogP contribution is 2.16. The molecule has 0 bridgehead atoms. The van der Waals surface area contributed by atoms with Gasteiger partial charge in [-0.1, -0.05) is 42.5 Å². The zero-order valence-corrected chi connectivity index (χ0v) is 18.7. The molecule has 2 atom stereocenters. The van der Waals surface area contributed by atoms with Gasteiger partial charge in [-0.25, -0.2) is 9.59 Å². The third-order valence-corrected chi connectivity index (χ3v) is 5.20. The van der Waals surface area contributed by atoms with Gasteiger partial charge in [0.25, 0.3) is 0 Å². The molecule has 1 heterocycles. The lowest BCUT2D eigenvalue weighted by atomic mass is 10.1. The van der Waals surface area contributed by atoms with E-state index in [-0.39, 0.29) is 12.3 Å². The van der Waals surface area contributed by atoms with Gasteiger partial charge in [-0.05, 0) is 42.7 Å². The number of amides is 1. The monoisotopic (exact) mass is 472 g/mol. The standard InChI is InChI=1S/C16H15NO4.C7H9NO3S/c17-14(15(18)19)10-11-6-8-13(9-7-11)21-16(20)12-4-2-1-3-5-12;1-4(9)8-3-2-5(12)6(8)7(10)11/h1-9,14H,10,17H2,(H,18,19);6H,2-3H2,1H3,(H,10,11)/t14-;6-/m00/s1. The van der Waals surface area contributed by atoms with E-state index >= 15 is 0 Å². The molecular weight excluding hydrogens is 448 g/mol. The van der Waals surface area contributed by atoms with E-state index in [1.807, 2.05) is 6.07 Å². The summed E-state index contributed by atoms with van der Waals surface area (Å²) in [5, 5.41) is 17.5. The molecule has 2 aromatic rings. The number of likely N-dealkylation sites (tertiary alicyclic amines) is 1. The predicted octanol–water partition coefficient (Wildman–Crippen LogP) is 1.92. The van der Waals surface area contributed by atoms with Crippen molar-refractivity contribution in [2.24, 2.45) is 5.73 Å². The molecule has 0 spiro atoms. The van der Waals surface area contributed by atoms with E-state index in [1.165, 1.54) is 11.8 Å². The van der Waals surface area contributed by atoms with Gasteiger partial charge in [0, 0.05) is 18.3 Å². The molecule has 2 aromatic carbocycles. The summed E-state index contributed by atoms with van der Waals surface area (Å²) < 4.78 is 5.22. The van der Waals surface area contributed by atoms with Crippen LogP contribution in [0.2, 0.25) is 0 Å². The van der Waals surface area contributed by atoms with Crippen molar-refractivity contribution in [1.29, 1.82) is 0 Å². The molecule has 1 saturated heterocycles. The maximum Gasteiger partial charge on any atom is 0.343 e. The molecule has 10 heteroatoms. The number of hydrogen-bond acceptors (Lipinski definition) is 7. The fraction of sp³-hybridized carbons (Fsp3) is 0.261. The van der Waals surface area contributed by atoms with Crippen molar-refractivity contribution in [2.75, 3.05) is 6.54 Å². The van der Waals surface area contributed by atoms with Crippen molar-refractivity contribution < 1.29 is 34.1 Å². The molecule has 0 saturated carbocycles. The fourth-order valence-electron chi connectivity index (χ4n) is 3.06. The van der Waals surface area contributed by atoms with Crippen LogP contribution in [0.25, 0.3) is 0 Å². The van der Waals surface area contributed by atoms with Gasteiger partial charge in [-0.2, -0.15) is 0 Å². The van der Waals surface area contributed by atoms with Crippen LogP contribution in [0.3, 0.4) is 0 Å². The smallest absolute Gasteiger partial charge is 0.343 e. The number of carboxylic acid groups (broad SMARTS) is 2. The molecule has 9 nitrogen and oxygen atoms in total. The number of ether oxygens (including phenoxy) is 1. The highest BCUT2D eigenvalue weighted by atomic mass is 32.1. The molecule has 3 rings (SSSR count). The van der Waals surface area contributed by atoms with Gasteiger partial charge < -0.3 is 25.6 Å². The summed E-state index contributed by atoms with van der Waals surface area (Å²) in [5.74, 6) is -2.35. The van der Waals surface area contributed by atoms with Gasteiger partial charge in [0.1, 0.15) is 11.8 Å². The van der Waals surface area contributed by atoms with E-state index in [4.69, 9.17) is 32.9 Å². The first-order valence-corrected chi connectivity index (χ1v) is 10.4. The van der Waals surface area contributed by atoms with Crippen molar-refractivity contribution in [3.05, 3.63) is 65.7 Å². The number of aliphatic carboxylic acids is 2. The van der Waals surface area contributed by atoms with Gasteiger partial charge in [-0.3, -0.25) is 9.59 Å². The quantitative estimate of drug-likeness (QED) is 0.326. The summed E-state index contributed by atoms with van der Waals surface area (Å²) in [5.41, 5.74) is 6.69. The summed E-state index contributed by atoms with van der Waals surface area (Å²) in [6, 6.07) is 13.5. The fourth-order valence-corrected chi connectivity index (χ4v) is 3.37. The van der Waals surface area contributed by atoms with E-state index in [9.17, 15) is 19.2 Å². The Morgan fingerprint density at radius 3 is 2.18 bits per heavy atom. The van der Waals surface area contributed by atoms with Crippen LogP contribution in [-0.2, 0) is 20.8 Å². The number of nitrogens with zero attached hydrogens (tertiary/aromatic N) is 1. The lowest BCUT2D eigenvalue weighted by Gasteiger charge is -2.18. The van der Waals surface area contributed by atoms with Crippen LogP contribution in [0.4, 0.5) is 0 Å². The number of esters is 1. The van der Waals surface area contributed by atoms with Crippen LogP contribution in [0.5, 0.6) is 5.75 Å². The summed E-state index contributed by atoms with van der Waals surface area (Å²) in [7, 11) is 0. The highest BCUT2D eigenvalue weighted by molar-refractivity contribution is 7.80. The summed E-state index contributed by atoms with van der Waals surface area (Å²) in [6.45, 7) is 1.79. The van der Waals surface area contributed by atoms with Crippen LogP contribution >= 0.6 is 12.2 Å². The molecule has 1 aliphatic heterocycles. The van der Waals surface area contributed by atoms with Crippen LogP contribution in [-0.4, -0.2) is 62.4 Å². The zero-order valence-electron chi connectivity index (χ0n) is 17.8. The van der Waals surface area contributed by atoms with Gasteiger partial charge in [-0.15, -0.1) is 0 Å². The van der Waals surface area contributed by atoms with E-state index in [2.05, 4.69) is 0 Å². The Hall–Kier alpha value is -3.63. The summed E-state index contributed by atoms with van der Waals surface area (Å²) in [4.78, 5) is 45.8. The number of carbonyl (C=O) groups excluding carboxylic acids is 2. The zero-order chi connectivity index (χ0) is 24.5. The Balaban J connectivity index is 0.000000273. The van der Waals surface area contributed by atoms with Crippen LogP contribution in [0.15, 0.2) is 54.6 Å². The maximum absolute atomic E-state index is 11.8. The molecule has 0 unspecified atom stereocenters. The van der Waals surface area contributed by atoms with Crippen molar-refractivity contribution in [3.8, 4) is 5.75 Å². The lowest BCUT2D eigenvalue weighted by Crippen LogP contribution is -2.41. The molecule has 174 valence electrons. The molecule has 4 N–H and O–H groups in total. The molecule has 0 radical (unpaired) electrons. The summed E-state index contributed by atoms with van der Waals surface area (Å²) >= 11 is 4.84. The van der Waals surface area contributed by atoms with Gasteiger partial charge in [0.05, 0.1) is 5.56 Å². The third kappa shape index (κ3) is 7.48. The molecule has 33 heavy (non-hydrogen) atoms. The SMILES string of the molecule is CC(=O)N1CCC(=S)[C@H]1C(=O)O.N[C@@H](Cc1ccc(OC(=O)c2ccccc2)cc1)C(=O)O. The second kappa shape index (κ2) is 11.8. The number of carbonyl (C=O) groups is 4. The van der Waals surface area contributed by atoms with Crippen LogP contribution in [0.1, 0.15) is 29.3 Å². The highest BCUT2D eigenvalue weighted by Gasteiger charge is 2.36. The molecule has 1 fully saturated rings. The first kappa shape index (κ1) is 25.6. The Bertz CT molecular complexity index is 1020. The maximum atomic E-state index is 11.8. The minimum atomic E-state index is -1.05. The molecular formula is C23H24N2O7S. The Kier molecular flexibility index (Phi) is 9.19. The summed E-state index contributed by atoms with van der Waals surface area (Å²) in [6.07, 6.45) is 0.744. The Labute approximate surface area is 195 Å². The normalized spacial score (nSPS) is 15.8. The third-order valence-electron chi connectivity index (χ3n) is 4.77. The van der Waals surface area contributed by atoms with E-state index in [0.29, 0.717) is 29.1 Å². The predicted molar refractivity (Wildman–Crippen MR) is 123 cm³/mol. The molecule has 1 amide bonds. The van der Waals surface area contributed by atoms with Crippen LogP contribution in [0, 0.1) is 0 Å².